The highest BCUT2D eigenvalue weighted by atomic mass is 32.2. The molecule has 0 aromatic heterocycles. The minimum Gasteiger partial charge on any atom is -0.465 e. The van der Waals surface area contributed by atoms with E-state index in [9.17, 15) is 39.3 Å². The summed E-state index contributed by atoms with van der Waals surface area (Å²) in [4.78, 5) is 74.5. The van der Waals surface area contributed by atoms with Crippen molar-refractivity contribution in [2.45, 2.75) is 63.2 Å². The Morgan fingerprint density at radius 3 is 1.33 bits per heavy atom. The van der Waals surface area contributed by atoms with Gasteiger partial charge < -0.3 is 28.4 Å². The highest BCUT2D eigenvalue weighted by Gasteiger charge is 2.33. The normalized spacial score (nSPS) is 11.9. The predicted molar refractivity (Wildman–Crippen MR) is 195 cm³/mol. The van der Waals surface area contributed by atoms with Crippen LogP contribution >= 0.6 is 23.5 Å². The van der Waals surface area contributed by atoms with Crippen LogP contribution in [0.2, 0.25) is 0 Å². The topological polar surface area (TPSA) is 205 Å². The van der Waals surface area contributed by atoms with E-state index >= 15 is 0 Å². The van der Waals surface area contributed by atoms with Crippen LogP contribution in [-0.2, 0) is 47.7 Å². The van der Waals surface area contributed by atoms with E-state index in [-0.39, 0.29) is 73.4 Å². The number of allylic oxidation sites excluding steroid dienone is 1. The van der Waals surface area contributed by atoms with Crippen LogP contribution in [0.15, 0.2) is 69.2 Å². The summed E-state index contributed by atoms with van der Waals surface area (Å²) in [7, 11) is 0. The molecule has 0 spiro atoms. The van der Waals surface area contributed by atoms with Gasteiger partial charge in [-0.1, -0.05) is 88.6 Å². The predicted octanol–water partition coefficient (Wildman–Crippen LogP) is 6.26. The van der Waals surface area contributed by atoms with Crippen molar-refractivity contribution in [3.05, 3.63) is 59.4 Å². The van der Waals surface area contributed by atoms with Crippen LogP contribution in [0.5, 0.6) is 11.5 Å². The number of carbonyl (C=O) groups is 6. The van der Waals surface area contributed by atoms with Crippen LogP contribution in [0.3, 0.4) is 0 Å². The molecule has 1 aliphatic heterocycles. The number of hydrogen-bond donors (Lipinski definition) is 0. The van der Waals surface area contributed by atoms with Crippen molar-refractivity contribution >= 4 is 70.1 Å². The number of esters is 6. The number of thioether (sulfide) groups is 2. The lowest BCUT2D eigenvalue weighted by Gasteiger charge is -2.23. The lowest BCUT2D eigenvalue weighted by molar-refractivity contribution is -0.153. The molecule has 0 bridgehead atoms. The third-order valence-electron chi connectivity index (χ3n) is 7.14. The van der Waals surface area contributed by atoms with E-state index in [0.717, 1.165) is 35.7 Å². The summed E-state index contributed by atoms with van der Waals surface area (Å²) in [6.45, 7) is 13.4. The quantitative estimate of drug-likeness (QED) is 0.0538. The largest absolute Gasteiger partial charge is 0.465 e. The molecule has 0 N–H and O–H groups in total. The number of ether oxygens (including phenoxy) is 6. The average molecular weight is 779 g/mol. The lowest BCUT2D eigenvalue weighted by Crippen LogP contribution is -2.28. The first-order chi connectivity index (χ1) is 25.5. The van der Waals surface area contributed by atoms with Crippen molar-refractivity contribution < 1.29 is 57.2 Å². The van der Waals surface area contributed by atoms with E-state index in [2.05, 4.69) is 13.2 Å². The second-order valence-corrected chi connectivity index (χ2v) is 15.5. The zero-order chi connectivity index (χ0) is 40.1. The molecule has 14 nitrogen and oxygen atoms in total. The van der Waals surface area contributed by atoms with Crippen LogP contribution in [0.4, 0.5) is 0 Å². The molecular weight excluding hydrogens is 741 g/mol. The molecule has 2 aromatic rings. The zero-order valence-corrected chi connectivity index (χ0v) is 31.8. The molecule has 2 aromatic carbocycles. The Bertz CT molecular complexity index is 1830. The van der Waals surface area contributed by atoms with Gasteiger partial charge in [-0.15, -0.1) is 0 Å². The molecule has 0 radical (unpaired) electrons. The SMILES string of the molecule is C=CC(=O)OCC(C)(C)COC(=O)CCC(=O)Oc1c2c(c(OC(=O)CCC(=O)OCC(C)(C)COC(=O)C=C)c3ccccc13)SC(=C(C#N)C#N)S2. The minimum absolute atomic E-state index is 0.0227. The van der Waals surface area contributed by atoms with Gasteiger partial charge in [-0.05, 0) is 0 Å². The highest BCUT2D eigenvalue weighted by Crippen LogP contribution is 2.61. The summed E-state index contributed by atoms with van der Waals surface area (Å²) in [5.41, 5.74) is -1.61. The number of hydrogen-bond acceptors (Lipinski definition) is 16. The van der Waals surface area contributed by atoms with Gasteiger partial charge >= 0.3 is 35.8 Å². The third kappa shape index (κ3) is 12.5. The Kier molecular flexibility index (Phi) is 15.5. The molecule has 1 heterocycles. The third-order valence-corrected chi connectivity index (χ3v) is 9.74. The van der Waals surface area contributed by atoms with Gasteiger partial charge in [-0.25, -0.2) is 9.59 Å². The van der Waals surface area contributed by atoms with Crippen molar-refractivity contribution in [2.75, 3.05) is 26.4 Å². The van der Waals surface area contributed by atoms with Crippen LogP contribution < -0.4 is 9.47 Å². The number of fused-ring (bicyclic) bond motifs is 2. The average Bonchev–Trinajstić information content (AvgIpc) is 3.59. The highest BCUT2D eigenvalue weighted by molar-refractivity contribution is 8.24. The van der Waals surface area contributed by atoms with E-state index in [4.69, 9.17) is 28.4 Å². The number of benzene rings is 2. The number of carbonyl (C=O) groups excluding carboxylic acids is 6. The van der Waals surface area contributed by atoms with Crippen LogP contribution in [0, 0.1) is 33.5 Å². The van der Waals surface area contributed by atoms with Crippen LogP contribution in [0.1, 0.15) is 53.4 Å². The molecule has 0 unspecified atom stereocenters. The summed E-state index contributed by atoms with van der Waals surface area (Å²) in [5.74, 6) is -4.03. The maximum Gasteiger partial charge on any atom is 0.330 e. The Labute approximate surface area is 320 Å². The lowest BCUT2D eigenvalue weighted by atomic mass is 9.96. The van der Waals surface area contributed by atoms with E-state index in [1.165, 1.54) is 0 Å². The van der Waals surface area contributed by atoms with Gasteiger partial charge in [0.1, 0.15) is 17.7 Å². The van der Waals surface area contributed by atoms with Crippen molar-refractivity contribution in [1.29, 1.82) is 10.5 Å². The van der Waals surface area contributed by atoms with Crippen molar-refractivity contribution in [1.82, 2.24) is 0 Å². The minimum atomic E-state index is -0.785. The second kappa shape index (κ2) is 19.5. The first-order valence-electron chi connectivity index (χ1n) is 16.3. The fourth-order valence-corrected chi connectivity index (χ4v) is 6.84. The first kappa shape index (κ1) is 42.8. The number of rotatable bonds is 18. The molecule has 0 saturated carbocycles. The Hall–Kier alpha value is -5.58. The number of nitrogens with zero attached hydrogens (tertiary/aromatic N) is 2. The standard InChI is InChI=1S/C38H38N2O12S2/c1-7-26(41)47-19-37(3,4)21-49-28(43)13-15-30(45)51-32-24-11-9-10-12-25(24)33(35-34(32)53-36(54-35)23(17-39)18-40)52-31(46)16-14-29(44)50-22-38(5,6)20-48-27(42)8-2/h7-12H,1-2,13-16,19-22H2,3-6H3. The van der Waals surface area contributed by atoms with Gasteiger partial charge in [-0.2, -0.15) is 10.5 Å². The molecule has 0 atom stereocenters. The molecule has 54 heavy (non-hydrogen) atoms. The molecule has 0 amide bonds. The summed E-state index contributed by atoms with van der Waals surface area (Å²) in [6.07, 6.45) is 0.682. The van der Waals surface area contributed by atoms with Crippen molar-refractivity contribution in [3.63, 3.8) is 0 Å². The van der Waals surface area contributed by atoms with Crippen LogP contribution in [-0.4, -0.2) is 62.2 Å². The smallest absolute Gasteiger partial charge is 0.330 e. The van der Waals surface area contributed by atoms with Gasteiger partial charge in [0.05, 0.1) is 66.1 Å². The Morgan fingerprint density at radius 1 is 0.630 bits per heavy atom. The van der Waals surface area contributed by atoms with Crippen LogP contribution in [0.25, 0.3) is 10.8 Å². The molecule has 16 heteroatoms. The van der Waals surface area contributed by atoms with Gasteiger partial charge in [0.2, 0.25) is 0 Å². The Morgan fingerprint density at radius 2 is 0.981 bits per heavy atom. The first-order valence-corrected chi connectivity index (χ1v) is 18.0. The molecule has 0 aliphatic carbocycles. The fraction of sp³-hybridized carbons (Fsp3) is 0.368. The molecule has 284 valence electrons. The summed E-state index contributed by atoms with van der Waals surface area (Å²) >= 11 is 1.96. The van der Waals surface area contributed by atoms with E-state index in [0.29, 0.717) is 20.6 Å². The van der Waals surface area contributed by atoms with Gasteiger partial charge in [0.15, 0.2) is 11.5 Å². The maximum absolute atomic E-state index is 13.1. The van der Waals surface area contributed by atoms with Gasteiger partial charge in [-0.3, -0.25) is 19.2 Å². The van der Waals surface area contributed by atoms with E-state index in [1.54, 1.807) is 52.0 Å². The molecular formula is C38H38N2O12S2. The van der Waals surface area contributed by atoms with Gasteiger partial charge in [0.25, 0.3) is 0 Å². The number of nitriles is 2. The summed E-state index contributed by atoms with van der Waals surface area (Å²) < 4.78 is 32.5. The van der Waals surface area contributed by atoms with Gasteiger partial charge in [0, 0.05) is 33.8 Å². The van der Waals surface area contributed by atoms with Crippen molar-refractivity contribution in [2.24, 2.45) is 10.8 Å². The van der Waals surface area contributed by atoms with E-state index in [1.807, 2.05) is 12.1 Å². The molecule has 0 fully saturated rings. The monoisotopic (exact) mass is 778 g/mol. The molecule has 0 saturated heterocycles. The molecule has 3 rings (SSSR count). The summed E-state index contributed by atoms with van der Waals surface area (Å²) in [6, 6.07) is 10.2. The molecule has 1 aliphatic rings. The fourth-order valence-electron chi connectivity index (χ4n) is 4.31. The second-order valence-electron chi connectivity index (χ2n) is 13.2. The zero-order valence-electron chi connectivity index (χ0n) is 30.1. The summed E-state index contributed by atoms with van der Waals surface area (Å²) in [5, 5.41) is 19.9. The van der Waals surface area contributed by atoms with Crippen molar-refractivity contribution in [3.8, 4) is 23.6 Å². The van der Waals surface area contributed by atoms with E-state index < -0.39 is 46.6 Å². The Balaban J connectivity index is 1.77. The maximum atomic E-state index is 13.1.